The third kappa shape index (κ3) is 19.1. The van der Waals surface area contributed by atoms with E-state index in [-0.39, 0.29) is 63.8 Å². The molecular weight excluding hydrogens is 353 g/mol. The van der Waals surface area contributed by atoms with Crippen molar-refractivity contribution in [3.05, 3.63) is 12.2 Å². The van der Waals surface area contributed by atoms with E-state index in [0.29, 0.717) is 0 Å². The second kappa shape index (κ2) is 17.2. The summed E-state index contributed by atoms with van der Waals surface area (Å²) in [6, 6.07) is 0. The maximum atomic E-state index is 11.7. The van der Waals surface area contributed by atoms with Crippen molar-refractivity contribution in [2.24, 2.45) is 0 Å². The molecule has 0 N–H and O–H groups in total. The van der Waals surface area contributed by atoms with Crippen LogP contribution in [0.3, 0.4) is 0 Å². The summed E-state index contributed by atoms with van der Waals surface area (Å²) in [4.78, 5) is 12.9. The first kappa shape index (κ1) is 27.0. The van der Waals surface area contributed by atoms with Crippen LogP contribution in [0.25, 0.3) is 0 Å². The van der Waals surface area contributed by atoms with Gasteiger partial charge in [0.2, 0.25) is 5.91 Å². The van der Waals surface area contributed by atoms with E-state index < -0.39 is 15.9 Å². The Bertz CT molecular complexity index is 438. The number of unbranched alkanes of at least 4 members (excludes halogenated alkanes) is 9. The first-order valence-electron chi connectivity index (χ1n) is 8.72. The molecule has 0 unspecified atom stereocenters. The number of hydrogen-bond acceptors (Lipinski definition) is 4. The molecule has 0 bridgehead atoms. The maximum Gasteiger partial charge on any atom is 1.00 e. The van der Waals surface area contributed by atoms with Crippen LogP contribution in [-0.2, 0) is 14.9 Å². The van der Waals surface area contributed by atoms with Gasteiger partial charge in [0, 0.05) is 13.6 Å². The van der Waals surface area contributed by atoms with Crippen LogP contribution in [0, 0.1) is 0 Å². The van der Waals surface area contributed by atoms with Crippen molar-refractivity contribution in [3.63, 3.8) is 0 Å². The number of nitrogens with zero attached hydrogens (tertiary/aromatic N) is 1. The van der Waals surface area contributed by atoms with Crippen molar-refractivity contribution in [1.82, 2.24) is 4.90 Å². The molecule has 1 amide bonds. The molecule has 0 aliphatic rings. The Balaban J connectivity index is 0. The summed E-state index contributed by atoms with van der Waals surface area (Å²) in [6.07, 6.45) is 15.6. The van der Waals surface area contributed by atoms with E-state index in [1.54, 1.807) is 0 Å². The van der Waals surface area contributed by atoms with Crippen molar-refractivity contribution >= 4 is 16.0 Å². The molecule has 0 atom stereocenters. The van der Waals surface area contributed by atoms with Crippen LogP contribution in [-0.4, -0.2) is 43.1 Å². The third-order valence-corrected chi connectivity index (χ3v) is 4.47. The van der Waals surface area contributed by atoms with Gasteiger partial charge in [0.25, 0.3) is 0 Å². The smallest absolute Gasteiger partial charge is 0.748 e. The predicted octanol–water partition coefficient (Wildman–Crippen LogP) is 0.471. The SMILES string of the molecule is CCCCCCCCCCC/C=C/C(=O)N(C)CCS(=O)(=O)[O-].[K+]. The van der Waals surface area contributed by atoms with Gasteiger partial charge in [-0.15, -0.1) is 0 Å². The zero-order valence-electron chi connectivity index (χ0n) is 15.6. The molecule has 0 aromatic carbocycles. The fraction of sp³-hybridized carbons (Fsp3) is 0.824. The first-order valence-corrected chi connectivity index (χ1v) is 10.3. The third-order valence-electron chi connectivity index (χ3n) is 3.79. The van der Waals surface area contributed by atoms with Crippen LogP contribution in [0.4, 0.5) is 0 Å². The fourth-order valence-corrected chi connectivity index (χ4v) is 2.74. The minimum Gasteiger partial charge on any atom is -0.748 e. The Morgan fingerprint density at radius 1 is 1.00 bits per heavy atom. The molecule has 0 heterocycles. The summed E-state index contributed by atoms with van der Waals surface area (Å²) in [5.41, 5.74) is 0. The Morgan fingerprint density at radius 3 is 2.00 bits per heavy atom. The van der Waals surface area contributed by atoms with Crippen LogP contribution in [0.15, 0.2) is 12.2 Å². The van der Waals surface area contributed by atoms with Gasteiger partial charge < -0.3 is 9.45 Å². The van der Waals surface area contributed by atoms with E-state index in [1.807, 2.05) is 6.08 Å². The van der Waals surface area contributed by atoms with Crippen LogP contribution in [0.2, 0.25) is 0 Å². The number of amides is 1. The molecule has 0 rings (SSSR count). The van der Waals surface area contributed by atoms with Gasteiger partial charge in [0.15, 0.2) is 0 Å². The van der Waals surface area contributed by atoms with Gasteiger partial charge in [0.05, 0.1) is 15.9 Å². The van der Waals surface area contributed by atoms with E-state index >= 15 is 0 Å². The Labute approximate surface area is 190 Å². The molecule has 5 nitrogen and oxygen atoms in total. The van der Waals surface area contributed by atoms with Crippen molar-refractivity contribution in [2.45, 2.75) is 71.1 Å². The molecule has 0 spiro atoms. The molecule has 7 heteroatoms. The second-order valence-electron chi connectivity index (χ2n) is 6.04. The molecule has 0 aromatic heterocycles. The minimum atomic E-state index is -4.27. The predicted molar refractivity (Wildman–Crippen MR) is 93.2 cm³/mol. The standard InChI is InChI=1S/C17H33NO4S.K/c1-3-4-5-6-7-8-9-10-11-12-13-14-17(19)18(2)15-16-23(20,21)22;/h13-14H,3-12,15-16H2,1-2H3,(H,20,21,22);/q;+1/p-1/b14-13+;. The zero-order valence-corrected chi connectivity index (χ0v) is 19.6. The molecule has 0 saturated carbocycles. The molecule has 136 valence electrons. The number of hydrogen-bond donors (Lipinski definition) is 0. The van der Waals surface area contributed by atoms with Crippen LogP contribution in [0.5, 0.6) is 0 Å². The summed E-state index contributed by atoms with van der Waals surface area (Å²) in [6.45, 7) is 2.16. The number of likely N-dealkylation sites (N-methyl/N-ethyl adjacent to an activating group) is 1. The quantitative estimate of drug-likeness (QED) is 0.188. The average Bonchev–Trinajstić information content (AvgIpc) is 2.49. The van der Waals surface area contributed by atoms with Crippen molar-refractivity contribution in [2.75, 3.05) is 19.3 Å². The van der Waals surface area contributed by atoms with Gasteiger partial charge in [-0.05, 0) is 18.9 Å². The molecule has 0 aromatic rings. The number of carbonyl (C=O) groups is 1. The second-order valence-corrected chi connectivity index (χ2v) is 7.56. The van der Waals surface area contributed by atoms with E-state index in [1.165, 1.54) is 69.4 Å². The number of carbonyl (C=O) groups excluding carboxylic acids is 1. The van der Waals surface area contributed by atoms with Gasteiger partial charge in [-0.2, -0.15) is 0 Å². The van der Waals surface area contributed by atoms with Gasteiger partial charge in [0.1, 0.15) is 0 Å². The van der Waals surface area contributed by atoms with Crippen LogP contribution < -0.4 is 51.4 Å². The molecule has 24 heavy (non-hydrogen) atoms. The average molecular weight is 386 g/mol. The summed E-state index contributed by atoms with van der Waals surface area (Å²) in [5.74, 6) is -0.800. The molecule has 0 fully saturated rings. The van der Waals surface area contributed by atoms with Crippen LogP contribution >= 0.6 is 0 Å². The Hall–Kier alpha value is 0.756. The Kier molecular flexibility index (Phi) is 19.3. The first-order chi connectivity index (χ1) is 10.9. The summed E-state index contributed by atoms with van der Waals surface area (Å²) >= 11 is 0. The van der Waals surface area contributed by atoms with Crippen molar-refractivity contribution < 1.29 is 69.1 Å². The Morgan fingerprint density at radius 2 is 1.50 bits per heavy atom. The molecular formula is C17H32KNO4S. The van der Waals surface area contributed by atoms with Crippen LogP contribution in [0.1, 0.15) is 71.1 Å². The molecule has 0 aliphatic heterocycles. The van der Waals surface area contributed by atoms with Gasteiger partial charge in [-0.25, -0.2) is 8.42 Å². The van der Waals surface area contributed by atoms with E-state index in [4.69, 9.17) is 0 Å². The largest absolute Gasteiger partial charge is 1.00 e. The van der Waals surface area contributed by atoms with E-state index in [2.05, 4.69) is 6.92 Å². The monoisotopic (exact) mass is 385 g/mol. The van der Waals surface area contributed by atoms with Gasteiger partial charge in [-0.3, -0.25) is 4.79 Å². The molecule has 0 radical (unpaired) electrons. The van der Waals surface area contributed by atoms with E-state index in [9.17, 15) is 17.8 Å². The summed E-state index contributed by atoms with van der Waals surface area (Å²) in [7, 11) is -2.77. The summed E-state index contributed by atoms with van der Waals surface area (Å²) < 4.78 is 31.5. The van der Waals surface area contributed by atoms with Gasteiger partial charge >= 0.3 is 51.4 Å². The maximum absolute atomic E-state index is 11.7. The van der Waals surface area contributed by atoms with E-state index in [0.717, 1.165) is 12.8 Å². The van der Waals surface area contributed by atoms with Crippen molar-refractivity contribution in [1.29, 1.82) is 0 Å². The fourth-order valence-electron chi connectivity index (χ4n) is 2.24. The number of rotatable bonds is 14. The minimum absolute atomic E-state index is 0. The summed E-state index contributed by atoms with van der Waals surface area (Å²) in [5, 5.41) is 0. The molecule has 0 saturated heterocycles. The topological polar surface area (TPSA) is 77.5 Å². The van der Waals surface area contributed by atoms with Crippen molar-refractivity contribution in [3.8, 4) is 0 Å². The molecule has 0 aliphatic carbocycles. The van der Waals surface area contributed by atoms with Gasteiger partial charge in [-0.1, -0.05) is 64.4 Å². The zero-order chi connectivity index (χ0) is 17.6. The number of allylic oxidation sites excluding steroid dienone is 1. The normalized spacial score (nSPS) is 11.5.